The zero-order valence-corrected chi connectivity index (χ0v) is 18.4. The van der Waals surface area contributed by atoms with E-state index in [0.717, 1.165) is 38.4 Å². The molecule has 4 heterocycles. The van der Waals surface area contributed by atoms with Gasteiger partial charge in [0.25, 0.3) is 5.91 Å². The molecule has 5 rings (SSSR count). The van der Waals surface area contributed by atoms with Gasteiger partial charge >= 0.3 is 0 Å². The molecule has 0 atom stereocenters. The van der Waals surface area contributed by atoms with Crippen LogP contribution in [0.2, 0.25) is 0 Å². The third-order valence-corrected chi connectivity index (χ3v) is 8.26. The number of pyridine rings is 1. The first-order valence-electron chi connectivity index (χ1n) is 11.4. The third kappa shape index (κ3) is 4.32. The van der Waals surface area contributed by atoms with Crippen LogP contribution >= 0.6 is 11.3 Å². The average Bonchev–Trinajstić information content (AvgIpc) is 3.48. The Balaban J connectivity index is 1.16. The van der Waals surface area contributed by atoms with Crippen molar-refractivity contribution >= 4 is 17.2 Å². The Kier molecular flexibility index (Phi) is 5.89. The maximum atomic E-state index is 12.9. The molecule has 1 amide bonds. The average molecular weight is 426 g/mol. The summed E-state index contributed by atoms with van der Waals surface area (Å²) in [6.07, 6.45) is 10.9. The number of piperidine rings is 1. The Morgan fingerprint density at radius 2 is 2.00 bits per heavy atom. The molecule has 2 saturated heterocycles. The first-order chi connectivity index (χ1) is 14.7. The molecule has 0 bridgehead atoms. The van der Waals surface area contributed by atoms with Gasteiger partial charge in [-0.1, -0.05) is 12.8 Å². The summed E-state index contributed by atoms with van der Waals surface area (Å²) in [5, 5.41) is 0. The van der Waals surface area contributed by atoms with Crippen molar-refractivity contribution in [1.82, 2.24) is 14.8 Å². The Bertz CT molecular complexity index is 854. The molecule has 0 radical (unpaired) electrons. The monoisotopic (exact) mass is 425 g/mol. The number of thiophene rings is 1. The fourth-order valence-corrected chi connectivity index (χ4v) is 6.47. The van der Waals surface area contributed by atoms with E-state index < -0.39 is 0 Å². The van der Waals surface area contributed by atoms with Crippen molar-refractivity contribution in [3.05, 3.63) is 52.0 Å². The molecule has 0 unspecified atom stereocenters. The fourth-order valence-electron chi connectivity index (χ4n) is 5.24. The second-order valence-corrected chi connectivity index (χ2v) is 10.3. The number of hydrogen-bond donors (Lipinski definition) is 0. The second-order valence-electron chi connectivity index (χ2n) is 9.06. The lowest BCUT2D eigenvalue weighted by molar-refractivity contribution is -0.127. The minimum atomic E-state index is -0.183. The zero-order chi connectivity index (χ0) is 20.4. The van der Waals surface area contributed by atoms with Crippen molar-refractivity contribution in [3.8, 4) is 0 Å². The van der Waals surface area contributed by atoms with Crippen molar-refractivity contribution < 1.29 is 9.53 Å². The molecular formula is C24H31N3O2S. The van der Waals surface area contributed by atoms with Crippen molar-refractivity contribution in [1.29, 1.82) is 0 Å². The van der Waals surface area contributed by atoms with Gasteiger partial charge in [0.05, 0.1) is 24.3 Å². The number of ether oxygens (including phenoxy) is 1. The van der Waals surface area contributed by atoms with E-state index in [2.05, 4.69) is 22.0 Å². The minimum Gasteiger partial charge on any atom is -0.371 e. The summed E-state index contributed by atoms with van der Waals surface area (Å²) in [6, 6.07) is 8.38. The highest BCUT2D eigenvalue weighted by molar-refractivity contribution is 7.12. The number of likely N-dealkylation sites (tertiary alicyclic amines) is 1. The maximum absolute atomic E-state index is 12.9. The standard InChI is InChI=1S/C24H31N3O2S/c28-23(20-6-3-11-25-16-20)27-14-15-29-24(18-27)9-12-26(13-10-24)17-21-7-8-22(30-21)19-4-1-2-5-19/h3,6-8,11,16,19H,1-2,4-5,9-10,12-15,17-18H2. The molecule has 30 heavy (non-hydrogen) atoms. The second kappa shape index (κ2) is 8.77. The van der Waals surface area contributed by atoms with E-state index in [1.807, 2.05) is 28.4 Å². The molecular weight excluding hydrogens is 394 g/mol. The molecule has 0 aromatic carbocycles. The summed E-state index contributed by atoms with van der Waals surface area (Å²) >= 11 is 2.02. The highest BCUT2D eigenvalue weighted by Gasteiger charge is 2.41. The molecule has 0 N–H and O–H groups in total. The van der Waals surface area contributed by atoms with Crippen molar-refractivity contribution in [2.75, 3.05) is 32.8 Å². The highest BCUT2D eigenvalue weighted by Crippen LogP contribution is 2.38. The van der Waals surface area contributed by atoms with Gasteiger partial charge in [-0.15, -0.1) is 11.3 Å². The van der Waals surface area contributed by atoms with Crippen LogP contribution in [0.3, 0.4) is 0 Å². The molecule has 2 aliphatic heterocycles. The van der Waals surface area contributed by atoms with Crippen LogP contribution < -0.4 is 0 Å². The molecule has 2 aromatic rings. The summed E-state index contributed by atoms with van der Waals surface area (Å²) in [5.41, 5.74) is 0.486. The molecule has 1 saturated carbocycles. The summed E-state index contributed by atoms with van der Waals surface area (Å²) < 4.78 is 6.26. The largest absolute Gasteiger partial charge is 0.371 e. The molecule has 6 heteroatoms. The van der Waals surface area contributed by atoms with Crippen LogP contribution in [0.15, 0.2) is 36.7 Å². The summed E-state index contributed by atoms with van der Waals surface area (Å²) in [5.74, 6) is 0.888. The van der Waals surface area contributed by atoms with Gasteiger partial charge in [-0.25, -0.2) is 0 Å². The number of morpholine rings is 1. The zero-order valence-electron chi connectivity index (χ0n) is 17.6. The lowest BCUT2D eigenvalue weighted by atomic mass is 9.89. The Morgan fingerprint density at radius 3 is 2.77 bits per heavy atom. The van der Waals surface area contributed by atoms with E-state index in [-0.39, 0.29) is 11.5 Å². The van der Waals surface area contributed by atoms with Crippen LogP contribution in [0.4, 0.5) is 0 Å². The van der Waals surface area contributed by atoms with Gasteiger partial charge < -0.3 is 9.64 Å². The van der Waals surface area contributed by atoms with Crippen molar-refractivity contribution in [3.63, 3.8) is 0 Å². The summed E-state index contributed by atoms with van der Waals surface area (Å²) in [7, 11) is 0. The number of aromatic nitrogens is 1. The topological polar surface area (TPSA) is 45.7 Å². The smallest absolute Gasteiger partial charge is 0.255 e. The van der Waals surface area contributed by atoms with Crippen molar-refractivity contribution in [2.45, 2.75) is 56.6 Å². The first kappa shape index (κ1) is 20.2. The van der Waals surface area contributed by atoms with E-state index in [9.17, 15) is 4.79 Å². The number of carbonyl (C=O) groups excluding carboxylic acids is 1. The van der Waals surface area contributed by atoms with E-state index in [1.165, 1.54) is 30.6 Å². The van der Waals surface area contributed by atoms with Crippen LogP contribution in [0, 0.1) is 0 Å². The molecule has 1 spiro atoms. The summed E-state index contributed by atoms with van der Waals surface area (Å²) in [4.78, 5) is 24.6. The van der Waals surface area contributed by atoms with Gasteiger partial charge in [0.15, 0.2) is 0 Å². The molecule has 2 aromatic heterocycles. The molecule has 3 fully saturated rings. The first-order valence-corrected chi connectivity index (χ1v) is 12.2. The van der Waals surface area contributed by atoms with Crippen LogP contribution in [0.1, 0.15) is 64.6 Å². The fraction of sp³-hybridized carbons (Fsp3) is 0.583. The normalized spacial score (nSPS) is 22.6. The molecule has 1 aliphatic carbocycles. The Hall–Kier alpha value is -1.76. The number of rotatable bonds is 4. The number of hydrogen-bond acceptors (Lipinski definition) is 5. The van der Waals surface area contributed by atoms with Gasteiger partial charge in [0.1, 0.15) is 0 Å². The Morgan fingerprint density at radius 1 is 1.17 bits per heavy atom. The predicted molar refractivity (Wildman–Crippen MR) is 119 cm³/mol. The van der Waals surface area contributed by atoms with Crippen LogP contribution in [0.5, 0.6) is 0 Å². The number of carbonyl (C=O) groups is 1. The molecule has 3 aliphatic rings. The predicted octanol–water partition coefficient (Wildman–Crippen LogP) is 4.31. The highest BCUT2D eigenvalue weighted by atomic mass is 32.1. The van der Waals surface area contributed by atoms with Gasteiger partial charge in [0, 0.05) is 48.3 Å². The number of amides is 1. The number of nitrogens with zero attached hydrogens (tertiary/aromatic N) is 3. The van der Waals surface area contributed by atoms with E-state index in [0.29, 0.717) is 25.3 Å². The maximum Gasteiger partial charge on any atom is 0.255 e. The van der Waals surface area contributed by atoms with E-state index in [1.54, 1.807) is 17.3 Å². The van der Waals surface area contributed by atoms with Crippen LogP contribution in [-0.2, 0) is 11.3 Å². The van der Waals surface area contributed by atoms with E-state index >= 15 is 0 Å². The van der Waals surface area contributed by atoms with Crippen molar-refractivity contribution in [2.24, 2.45) is 0 Å². The van der Waals surface area contributed by atoms with Gasteiger partial charge in [-0.05, 0) is 55.9 Å². The Labute approximate surface area is 183 Å². The van der Waals surface area contributed by atoms with Gasteiger partial charge in [-0.2, -0.15) is 0 Å². The van der Waals surface area contributed by atoms with Gasteiger partial charge in [0.2, 0.25) is 0 Å². The van der Waals surface area contributed by atoms with E-state index in [4.69, 9.17) is 4.74 Å². The quantitative estimate of drug-likeness (QED) is 0.732. The lowest BCUT2D eigenvalue weighted by Gasteiger charge is -2.47. The lowest BCUT2D eigenvalue weighted by Crippen LogP contribution is -2.57. The van der Waals surface area contributed by atoms with Crippen LogP contribution in [0.25, 0.3) is 0 Å². The summed E-state index contributed by atoms with van der Waals surface area (Å²) in [6.45, 7) is 5.10. The molecule has 160 valence electrons. The van der Waals surface area contributed by atoms with Gasteiger partial charge in [-0.3, -0.25) is 14.7 Å². The minimum absolute atomic E-state index is 0.0752. The van der Waals surface area contributed by atoms with Crippen LogP contribution in [-0.4, -0.2) is 59.1 Å². The SMILES string of the molecule is O=C(c1cccnc1)N1CCOC2(CCN(Cc3ccc(C4CCCC4)s3)CC2)C1. The molecule has 5 nitrogen and oxygen atoms in total. The third-order valence-electron chi connectivity index (χ3n) is 7.03.